The molecule has 0 spiro atoms. The smallest absolute Gasteiger partial charge is 0.273 e. The first-order valence-corrected chi connectivity index (χ1v) is 8.94. The largest absolute Gasteiger partial charge is 0.457 e. The van der Waals surface area contributed by atoms with Crippen LogP contribution in [0.1, 0.15) is 16.1 Å². The number of rotatable bonds is 5. The molecule has 0 radical (unpaired) electrons. The van der Waals surface area contributed by atoms with Gasteiger partial charge in [-0.3, -0.25) is 9.89 Å². The minimum Gasteiger partial charge on any atom is -0.457 e. The van der Waals surface area contributed by atoms with E-state index in [1.807, 2.05) is 73.7 Å². The van der Waals surface area contributed by atoms with Crippen molar-refractivity contribution in [3.8, 4) is 22.8 Å². The van der Waals surface area contributed by atoms with Gasteiger partial charge in [0.25, 0.3) is 5.91 Å². The lowest BCUT2D eigenvalue weighted by Gasteiger charge is -2.07. The minimum atomic E-state index is -0.248. The summed E-state index contributed by atoms with van der Waals surface area (Å²) in [6, 6.07) is 26.5. The highest BCUT2D eigenvalue weighted by Gasteiger charge is 2.11. The average Bonchev–Trinajstić information content (AvgIpc) is 3.21. The summed E-state index contributed by atoms with van der Waals surface area (Å²) in [6.45, 7) is 2.03. The molecule has 2 N–H and O–H groups in total. The maximum atomic E-state index is 12.5. The molecule has 0 aliphatic rings. The SMILES string of the molecule is Cc1ccc(-c2cc(C(=O)Nc3ccc(Oc4ccccc4)cc3)[nH]n2)cc1. The van der Waals surface area contributed by atoms with Crippen molar-refractivity contribution in [1.29, 1.82) is 0 Å². The van der Waals surface area contributed by atoms with Gasteiger partial charge in [0.05, 0.1) is 5.69 Å². The van der Waals surface area contributed by atoms with Crippen molar-refractivity contribution in [2.45, 2.75) is 6.92 Å². The van der Waals surface area contributed by atoms with Crippen LogP contribution in [0.2, 0.25) is 0 Å². The summed E-state index contributed by atoms with van der Waals surface area (Å²) in [5.41, 5.74) is 3.95. The van der Waals surface area contributed by atoms with Crippen molar-refractivity contribution in [1.82, 2.24) is 10.2 Å². The second-order valence-electron chi connectivity index (χ2n) is 6.43. The van der Waals surface area contributed by atoms with Crippen LogP contribution in [0.15, 0.2) is 84.9 Å². The summed E-state index contributed by atoms with van der Waals surface area (Å²) >= 11 is 0. The molecule has 138 valence electrons. The maximum Gasteiger partial charge on any atom is 0.273 e. The number of carbonyl (C=O) groups excluding carboxylic acids is 1. The molecule has 0 aliphatic heterocycles. The Morgan fingerprint density at radius 3 is 2.29 bits per heavy atom. The molecule has 4 rings (SSSR count). The number of carbonyl (C=O) groups is 1. The molecule has 1 heterocycles. The molecule has 0 saturated carbocycles. The van der Waals surface area contributed by atoms with E-state index in [0.29, 0.717) is 17.1 Å². The van der Waals surface area contributed by atoms with E-state index in [1.54, 1.807) is 18.2 Å². The predicted octanol–water partition coefficient (Wildman–Crippen LogP) is 5.43. The molecule has 0 atom stereocenters. The van der Waals surface area contributed by atoms with Crippen LogP contribution in [0, 0.1) is 6.92 Å². The number of hydrogen-bond donors (Lipinski definition) is 2. The van der Waals surface area contributed by atoms with Crippen LogP contribution in [-0.4, -0.2) is 16.1 Å². The lowest BCUT2D eigenvalue weighted by atomic mass is 10.1. The minimum absolute atomic E-state index is 0.248. The summed E-state index contributed by atoms with van der Waals surface area (Å²) in [7, 11) is 0. The third-order valence-corrected chi connectivity index (χ3v) is 4.26. The van der Waals surface area contributed by atoms with Crippen LogP contribution in [0.25, 0.3) is 11.3 Å². The van der Waals surface area contributed by atoms with Gasteiger partial charge in [0.15, 0.2) is 0 Å². The Labute approximate surface area is 163 Å². The molecule has 0 unspecified atom stereocenters. The standard InChI is InChI=1S/C23H19N3O2/c1-16-7-9-17(10-8-16)21-15-22(26-25-21)23(27)24-18-11-13-20(14-12-18)28-19-5-3-2-4-6-19/h2-15H,1H3,(H,24,27)(H,25,26). The Hall–Kier alpha value is -3.86. The van der Waals surface area contributed by atoms with Gasteiger partial charge in [-0.1, -0.05) is 48.0 Å². The molecule has 5 heteroatoms. The number of nitrogens with zero attached hydrogens (tertiary/aromatic N) is 1. The summed E-state index contributed by atoms with van der Waals surface area (Å²) in [4.78, 5) is 12.5. The van der Waals surface area contributed by atoms with Crippen molar-refractivity contribution < 1.29 is 9.53 Å². The normalized spacial score (nSPS) is 10.5. The van der Waals surface area contributed by atoms with E-state index in [1.165, 1.54) is 5.56 Å². The average molecular weight is 369 g/mol. The molecule has 28 heavy (non-hydrogen) atoms. The van der Waals surface area contributed by atoms with Crippen LogP contribution in [0.5, 0.6) is 11.5 Å². The van der Waals surface area contributed by atoms with Gasteiger partial charge in [-0.05, 0) is 49.4 Å². The summed E-state index contributed by atoms with van der Waals surface area (Å²) < 4.78 is 5.75. The van der Waals surface area contributed by atoms with Crippen molar-refractivity contribution in [2.75, 3.05) is 5.32 Å². The van der Waals surface area contributed by atoms with E-state index in [-0.39, 0.29) is 5.91 Å². The van der Waals surface area contributed by atoms with E-state index < -0.39 is 0 Å². The van der Waals surface area contributed by atoms with Gasteiger partial charge in [0.1, 0.15) is 17.2 Å². The number of ether oxygens (including phenoxy) is 1. The Morgan fingerprint density at radius 1 is 0.893 bits per heavy atom. The Morgan fingerprint density at radius 2 is 1.57 bits per heavy atom. The van der Waals surface area contributed by atoms with Crippen molar-refractivity contribution in [3.63, 3.8) is 0 Å². The molecule has 0 aliphatic carbocycles. The fourth-order valence-corrected chi connectivity index (χ4v) is 2.74. The number of aromatic nitrogens is 2. The quantitative estimate of drug-likeness (QED) is 0.493. The highest BCUT2D eigenvalue weighted by atomic mass is 16.5. The van der Waals surface area contributed by atoms with Crippen LogP contribution in [0.3, 0.4) is 0 Å². The van der Waals surface area contributed by atoms with Gasteiger partial charge in [-0.15, -0.1) is 0 Å². The zero-order valence-corrected chi connectivity index (χ0v) is 15.3. The molecule has 3 aromatic carbocycles. The van der Waals surface area contributed by atoms with Gasteiger partial charge < -0.3 is 10.1 Å². The molecular weight excluding hydrogens is 350 g/mol. The molecule has 0 saturated heterocycles. The Balaban J connectivity index is 1.41. The zero-order chi connectivity index (χ0) is 19.3. The molecule has 0 fully saturated rings. The first-order chi connectivity index (χ1) is 13.7. The van der Waals surface area contributed by atoms with Crippen molar-refractivity contribution in [3.05, 3.63) is 96.2 Å². The van der Waals surface area contributed by atoms with Crippen LogP contribution >= 0.6 is 0 Å². The van der Waals surface area contributed by atoms with E-state index >= 15 is 0 Å². The summed E-state index contributed by atoms with van der Waals surface area (Å²) in [6.07, 6.45) is 0. The first kappa shape index (κ1) is 17.5. The number of nitrogens with one attached hydrogen (secondary N) is 2. The lowest BCUT2D eigenvalue weighted by Crippen LogP contribution is -2.12. The number of aryl methyl sites for hydroxylation is 1. The summed E-state index contributed by atoms with van der Waals surface area (Å²) in [5.74, 6) is 1.22. The topological polar surface area (TPSA) is 67.0 Å². The monoisotopic (exact) mass is 369 g/mol. The molecule has 1 amide bonds. The number of amides is 1. The van der Waals surface area contributed by atoms with Gasteiger partial charge in [-0.2, -0.15) is 5.10 Å². The Kier molecular flexibility index (Phi) is 4.89. The van der Waals surface area contributed by atoms with Gasteiger partial charge >= 0.3 is 0 Å². The molecule has 5 nitrogen and oxygen atoms in total. The fraction of sp³-hybridized carbons (Fsp3) is 0.0435. The van der Waals surface area contributed by atoms with Gasteiger partial charge in [0, 0.05) is 11.3 Å². The molecule has 0 bridgehead atoms. The van der Waals surface area contributed by atoms with Crippen LogP contribution in [0.4, 0.5) is 5.69 Å². The third kappa shape index (κ3) is 4.10. The second kappa shape index (κ2) is 7.80. The maximum absolute atomic E-state index is 12.5. The van der Waals surface area contributed by atoms with Crippen molar-refractivity contribution in [2.24, 2.45) is 0 Å². The van der Waals surface area contributed by atoms with E-state index in [4.69, 9.17) is 4.74 Å². The van der Waals surface area contributed by atoms with E-state index in [2.05, 4.69) is 15.5 Å². The number of benzene rings is 3. The third-order valence-electron chi connectivity index (χ3n) is 4.26. The lowest BCUT2D eigenvalue weighted by molar-refractivity contribution is 0.102. The number of H-pyrrole nitrogens is 1. The van der Waals surface area contributed by atoms with Crippen LogP contribution < -0.4 is 10.1 Å². The van der Waals surface area contributed by atoms with Crippen LogP contribution in [-0.2, 0) is 0 Å². The highest BCUT2D eigenvalue weighted by Crippen LogP contribution is 2.23. The highest BCUT2D eigenvalue weighted by molar-refractivity contribution is 6.03. The van der Waals surface area contributed by atoms with Gasteiger partial charge in [-0.25, -0.2) is 0 Å². The van der Waals surface area contributed by atoms with E-state index in [9.17, 15) is 4.79 Å². The zero-order valence-electron chi connectivity index (χ0n) is 15.3. The number of para-hydroxylation sites is 1. The molecule has 4 aromatic rings. The first-order valence-electron chi connectivity index (χ1n) is 8.94. The fourth-order valence-electron chi connectivity index (χ4n) is 2.74. The molecule has 1 aromatic heterocycles. The predicted molar refractivity (Wildman–Crippen MR) is 110 cm³/mol. The number of aromatic amines is 1. The van der Waals surface area contributed by atoms with Crippen molar-refractivity contribution >= 4 is 11.6 Å². The summed E-state index contributed by atoms with van der Waals surface area (Å²) in [5, 5.41) is 9.89. The van der Waals surface area contributed by atoms with E-state index in [0.717, 1.165) is 17.0 Å². The number of anilines is 1. The number of hydrogen-bond acceptors (Lipinski definition) is 3. The van der Waals surface area contributed by atoms with Gasteiger partial charge in [0.2, 0.25) is 0 Å². The molecular formula is C23H19N3O2. The Bertz CT molecular complexity index is 1070. The second-order valence-corrected chi connectivity index (χ2v) is 6.43.